The number of hydrogen-bond acceptors (Lipinski definition) is 2. The number of benzene rings is 3. The summed E-state index contributed by atoms with van der Waals surface area (Å²) in [4.78, 5) is 23.7. The molecule has 4 nitrogen and oxygen atoms in total. The van der Waals surface area contributed by atoms with Gasteiger partial charge in [-0.2, -0.15) is 0 Å². The number of rotatable bonds is 4. The van der Waals surface area contributed by atoms with E-state index < -0.39 is 5.97 Å². The molecule has 130 valence electrons. The smallest absolute Gasteiger partial charge is 0.337 e. The molecular formula is C22H19NO3. The lowest BCUT2D eigenvalue weighted by Crippen LogP contribution is -2.33. The highest BCUT2D eigenvalue weighted by molar-refractivity contribution is 6.01. The van der Waals surface area contributed by atoms with Gasteiger partial charge in [0.1, 0.15) is 0 Å². The van der Waals surface area contributed by atoms with Crippen LogP contribution in [0.3, 0.4) is 0 Å². The van der Waals surface area contributed by atoms with E-state index in [1.54, 1.807) is 18.2 Å². The van der Waals surface area contributed by atoms with Crippen molar-refractivity contribution >= 4 is 28.3 Å². The zero-order valence-electron chi connectivity index (χ0n) is 14.2. The lowest BCUT2D eigenvalue weighted by Gasteiger charge is -2.34. The van der Waals surface area contributed by atoms with E-state index in [0.717, 1.165) is 12.8 Å². The summed E-state index contributed by atoms with van der Waals surface area (Å²) in [6.45, 7) is 0. The van der Waals surface area contributed by atoms with Crippen molar-refractivity contribution in [3.63, 3.8) is 0 Å². The number of amides is 1. The minimum absolute atomic E-state index is 0.0756. The van der Waals surface area contributed by atoms with Crippen LogP contribution in [0.2, 0.25) is 0 Å². The number of hydrogen-bond donors (Lipinski definition) is 2. The van der Waals surface area contributed by atoms with Crippen molar-refractivity contribution in [3.8, 4) is 0 Å². The molecule has 3 aromatic carbocycles. The molecular weight excluding hydrogens is 326 g/mol. The second-order valence-corrected chi connectivity index (χ2v) is 6.81. The van der Waals surface area contributed by atoms with Crippen molar-refractivity contribution in [2.75, 3.05) is 5.32 Å². The molecule has 1 fully saturated rings. The maximum Gasteiger partial charge on any atom is 0.337 e. The zero-order valence-corrected chi connectivity index (χ0v) is 14.2. The highest BCUT2D eigenvalue weighted by Crippen LogP contribution is 2.42. The molecule has 1 aliphatic carbocycles. The summed E-state index contributed by atoms with van der Waals surface area (Å²) in [5.74, 6) is -0.835. The van der Waals surface area contributed by atoms with Crippen LogP contribution in [0.25, 0.3) is 10.8 Å². The van der Waals surface area contributed by atoms with Gasteiger partial charge in [0.05, 0.1) is 11.3 Å². The first-order chi connectivity index (χ1) is 12.6. The molecule has 3 aromatic rings. The number of carbonyl (C=O) groups excluding carboxylic acids is 1. The highest BCUT2D eigenvalue weighted by atomic mass is 16.4. The summed E-state index contributed by atoms with van der Waals surface area (Å²) in [5.41, 5.74) is 1.74. The first kappa shape index (κ1) is 16.3. The van der Waals surface area contributed by atoms with Gasteiger partial charge in [0.15, 0.2) is 0 Å². The van der Waals surface area contributed by atoms with Crippen molar-refractivity contribution < 1.29 is 14.7 Å². The van der Waals surface area contributed by atoms with Crippen molar-refractivity contribution in [1.82, 2.24) is 0 Å². The first-order valence-corrected chi connectivity index (χ1v) is 8.73. The van der Waals surface area contributed by atoms with Gasteiger partial charge in [-0.3, -0.25) is 4.79 Å². The van der Waals surface area contributed by atoms with Crippen LogP contribution >= 0.6 is 0 Å². The van der Waals surface area contributed by atoms with E-state index in [0.29, 0.717) is 11.6 Å². The Balaban J connectivity index is 1.42. The van der Waals surface area contributed by atoms with Crippen molar-refractivity contribution in [2.24, 2.45) is 5.92 Å². The van der Waals surface area contributed by atoms with E-state index >= 15 is 0 Å². The van der Waals surface area contributed by atoms with Crippen LogP contribution in [0.4, 0.5) is 5.69 Å². The minimum Gasteiger partial charge on any atom is -0.478 e. The average Bonchev–Trinajstić information content (AvgIpc) is 2.60. The van der Waals surface area contributed by atoms with Gasteiger partial charge in [0, 0.05) is 5.92 Å². The molecule has 26 heavy (non-hydrogen) atoms. The Morgan fingerprint density at radius 3 is 2.35 bits per heavy atom. The topological polar surface area (TPSA) is 66.4 Å². The van der Waals surface area contributed by atoms with Gasteiger partial charge in [-0.25, -0.2) is 4.79 Å². The Kier molecular flexibility index (Phi) is 4.17. The number of para-hydroxylation sites is 1. The van der Waals surface area contributed by atoms with E-state index in [1.807, 2.05) is 12.1 Å². The average molecular weight is 345 g/mol. The summed E-state index contributed by atoms with van der Waals surface area (Å²) < 4.78 is 0. The molecule has 1 saturated carbocycles. The molecule has 1 amide bonds. The highest BCUT2D eigenvalue weighted by Gasteiger charge is 2.35. The molecule has 0 atom stereocenters. The molecule has 0 heterocycles. The molecule has 0 aliphatic heterocycles. The fourth-order valence-corrected chi connectivity index (χ4v) is 3.58. The van der Waals surface area contributed by atoms with Gasteiger partial charge in [-0.1, -0.05) is 54.6 Å². The number of carboxylic acid groups (broad SMARTS) is 1. The van der Waals surface area contributed by atoms with Crippen LogP contribution < -0.4 is 5.32 Å². The fraction of sp³-hybridized carbons (Fsp3) is 0.182. The maximum absolute atomic E-state index is 12.5. The van der Waals surface area contributed by atoms with Crippen molar-refractivity contribution in [3.05, 3.63) is 77.9 Å². The molecule has 0 bridgehead atoms. The summed E-state index contributed by atoms with van der Waals surface area (Å²) in [5, 5.41) is 14.4. The molecule has 4 rings (SSSR count). The van der Waals surface area contributed by atoms with Crippen LogP contribution in [0, 0.1) is 5.92 Å². The monoisotopic (exact) mass is 345 g/mol. The minimum atomic E-state index is -1.04. The van der Waals surface area contributed by atoms with Gasteiger partial charge in [0.2, 0.25) is 5.91 Å². The number of nitrogens with one attached hydrogen (secondary N) is 1. The number of anilines is 1. The third-order valence-corrected chi connectivity index (χ3v) is 5.17. The zero-order chi connectivity index (χ0) is 18.1. The number of carboxylic acids is 1. The second kappa shape index (κ2) is 6.64. The number of aromatic carboxylic acids is 1. The maximum atomic E-state index is 12.5. The quantitative estimate of drug-likeness (QED) is 0.722. The fourth-order valence-electron chi connectivity index (χ4n) is 3.58. The molecule has 1 aliphatic rings. The Morgan fingerprint density at radius 1 is 0.885 bits per heavy atom. The first-order valence-electron chi connectivity index (χ1n) is 8.73. The van der Waals surface area contributed by atoms with Crippen LogP contribution in [0.15, 0.2) is 66.7 Å². The van der Waals surface area contributed by atoms with Crippen molar-refractivity contribution in [1.29, 1.82) is 0 Å². The van der Waals surface area contributed by atoms with Gasteiger partial charge in [-0.05, 0) is 47.2 Å². The lowest BCUT2D eigenvalue weighted by molar-refractivity contribution is -0.122. The van der Waals surface area contributed by atoms with Crippen molar-refractivity contribution in [2.45, 2.75) is 18.8 Å². The summed E-state index contributed by atoms with van der Waals surface area (Å²) >= 11 is 0. The molecule has 0 aromatic heterocycles. The Morgan fingerprint density at radius 2 is 1.58 bits per heavy atom. The molecule has 0 spiro atoms. The van der Waals surface area contributed by atoms with Crippen LogP contribution in [-0.2, 0) is 4.79 Å². The second-order valence-electron chi connectivity index (χ2n) is 6.81. The number of fused-ring (bicyclic) bond motifs is 1. The van der Waals surface area contributed by atoms with E-state index in [-0.39, 0.29) is 17.4 Å². The third kappa shape index (κ3) is 3.06. The molecule has 0 radical (unpaired) electrons. The largest absolute Gasteiger partial charge is 0.478 e. The predicted molar refractivity (Wildman–Crippen MR) is 101 cm³/mol. The Hall–Kier alpha value is -3.14. The lowest BCUT2D eigenvalue weighted by atomic mass is 9.70. The Labute approximate surface area is 151 Å². The normalized spacial score (nSPS) is 18.9. The predicted octanol–water partition coefficient (Wildman–Crippen LogP) is 4.67. The Bertz CT molecular complexity index is 989. The number of carbonyl (C=O) groups is 2. The molecule has 2 N–H and O–H groups in total. The van der Waals surface area contributed by atoms with E-state index in [2.05, 4.69) is 35.6 Å². The van der Waals surface area contributed by atoms with Gasteiger partial charge in [0.25, 0.3) is 0 Å². The van der Waals surface area contributed by atoms with Crippen LogP contribution in [0.5, 0.6) is 0 Å². The molecule has 0 unspecified atom stereocenters. The SMILES string of the molecule is O=C(O)c1ccccc1NC(=O)C1CC(c2ccc3ccccc3c2)C1. The summed E-state index contributed by atoms with van der Waals surface area (Å²) in [6, 6.07) is 21.2. The molecule has 0 saturated heterocycles. The van der Waals surface area contributed by atoms with E-state index in [4.69, 9.17) is 0 Å². The van der Waals surface area contributed by atoms with E-state index in [1.165, 1.54) is 22.4 Å². The third-order valence-electron chi connectivity index (χ3n) is 5.17. The van der Waals surface area contributed by atoms with E-state index in [9.17, 15) is 14.7 Å². The van der Waals surface area contributed by atoms with Crippen LogP contribution in [-0.4, -0.2) is 17.0 Å². The summed E-state index contributed by atoms with van der Waals surface area (Å²) in [6.07, 6.45) is 1.58. The summed E-state index contributed by atoms with van der Waals surface area (Å²) in [7, 11) is 0. The standard InChI is InChI=1S/C22H19NO3/c24-21(23-20-8-4-3-7-19(20)22(25)26)18-12-17(13-18)16-10-9-14-5-1-2-6-15(14)11-16/h1-11,17-18H,12-13H2,(H,23,24)(H,25,26). The van der Waals surface area contributed by atoms with Gasteiger partial charge < -0.3 is 10.4 Å². The van der Waals surface area contributed by atoms with Gasteiger partial charge >= 0.3 is 5.97 Å². The molecule has 4 heteroatoms. The van der Waals surface area contributed by atoms with Gasteiger partial charge in [-0.15, -0.1) is 0 Å². The van der Waals surface area contributed by atoms with Crippen LogP contribution in [0.1, 0.15) is 34.7 Å².